The molecule has 1 unspecified atom stereocenters. The second-order valence-electron chi connectivity index (χ2n) is 3.68. The highest BCUT2D eigenvalue weighted by atomic mass is 35.5. The van der Waals surface area contributed by atoms with E-state index in [0.29, 0.717) is 27.8 Å². The van der Waals surface area contributed by atoms with Gasteiger partial charge in [0.2, 0.25) is 0 Å². The number of hydrogen-bond donors (Lipinski definition) is 2. The van der Waals surface area contributed by atoms with Crippen molar-refractivity contribution in [2.45, 2.75) is 6.10 Å². The molecule has 1 rings (SSSR count). The minimum atomic E-state index is -0.615. The first kappa shape index (κ1) is 12.6. The van der Waals surface area contributed by atoms with Crippen LogP contribution in [0.2, 0.25) is 10.0 Å². The summed E-state index contributed by atoms with van der Waals surface area (Å²) < 4.78 is 0. The molecule has 0 saturated carbocycles. The van der Waals surface area contributed by atoms with E-state index in [1.807, 2.05) is 19.0 Å². The van der Waals surface area contributed by atoms with Gasteiger partial charge in [0, 0.05) is 6.54 Å². The molecular formula is C10H14Cl2N2O. The van der Waals surface area contributed by atoms with Gasteiger partial charge in [-0.3, -0.25) is 0 Å². The Labute approximate surface area is 99.4 Å². The van der Waals surface area contributed by atoms with Crippen LogP contribution in [0.3, 0.4) is 0 Å². The van der Waals surface area contributed by atoms with Crippen molar-refractivity contribution in [1.29, 1.82) is 0 Å². The van der Waals surface area contributed by atoms with Gasteiger partial charge in [0.1, 0.15) is 0 Å². The molecule has 1 atom stereocenters. The van der Waals surface area contributed by atoms with Gasteiger partial charge in [0.25, 0.3) is 0 Å². The third kappa shape index (κ3) is 3.24. The summed E-state index contributed by atoms with van der Waals surface area (Å²) in [6, 6.07) is 3.27. The molecule has 0 fully saturated rings. The number of nitrogens with two attached hydrogens (primary N) is 1. The molecule has 0 aromatic heterocycles. The maximum absolute atomic E-state index is 9.83. The van der Waals surface area contributed by atoms with Crippen molar-refractivity contribution in [3.05, 3.63) is 27.7 Å². The summed E-state index contributed by atoms with van der Waals surface area (Å²) >= 11 is 11.7. The Bertz CT molecular complexity index is 332. The smallest absolute Gasteiger partial charge is 0.0917 e. The molecule has 84 valence electrons. The Morgan fingerprint density at radius 3 is 2.20 bits per heavy atom. The lowest BCUT2D eigenvalue weighted by atomic mass is 10.1. The van der Waals surface area contributed by atoms with Crippen molar-refractivity contribution >= 4 is 28.9 Å². The lowest BCUT2D eigenvalue weighted by Crippen LogP contribution is -2.20. The normalized spacial score (nSPS) is 13.2. The molecule has 1 aromatic rings. The molecule has 0 aliphatic rings. The first-order chi connectivity index (χ1) is 6.91. The quantitative estimate of drug-likeness (QED) is 0.807. The molecule has 5 heteroatoms. The van der Waals surface area contributed by atoms with Crippen molar-refractivity contribution in [2.24, 2.45) is 0 Å². The van der Waals surface area contributed by atoms with Crippen LogP contribution in [0.5, 0.6) is 0 Å². The number of nitrogen functional groups attached to an aromatic ring is 1. The highest BCUT2D eigenvalue weighted by Gasteiger charge is 2.12. The maximum atomic E-state index is 9.83. The van der Waals surface area contributed by atoms with Crippen LogP contribution < -0.4 is 5.73 Å². The van der Waals surface area contributed by atoms with Gasteiger partial charge >= 0.3 is 0 Å². The van der Waals surface area contributed by atoms with Crippen LogP contribution in [0.25, 0.3) is 0 Å². The average molecular weight is 249 g/mol. The van der Waals surface area contributed by atoms with Crippen molar-refractivity contribution in [3.63, 3.8) is 0 Å². The van der Waals surface area contributed by atoms with Gasteiger partial charge in [-0.2, -0.15) is 0 Å². The molecule has 0 bridgehead atoms. The molecule has 1 aromatic carbocycles. The Balaban J connectivity index is 2.95. The van der Waals surface area contributed by atoms with Gasteiger partial charge in [-0.1, -0.05) is 23.2 Å². The van der Waals surface area contributed by atoms with Crippen LogP contribution in [0.4, 0.5) is 5.69 Å². The number of benzene rings is 1. The van der Waals surface area contributed by atoms with E-state index in [4.69, 9.17) is 28.9 Å². The van der Waals surface area contributed by atoms with Crippen LogP contribution in [-0.2, 0) is 0 Å². The van der Waals surface area contributed by atoms with Gasteiger partial charge in [0.05, 0.1) is 21.8 Å². The molecule has 15 heavy (non-hydrogen) atoms. The van der Waals surface area contributed by atoms with Crippen LogP contribution in [-0.4, -0.2) is 30.6 Å². The van der Waals surface area contributed by atoms with Gasteiger partial charge in [-0.25, -0.2) is 0 Å². The van der Waals surface area contributed by atoms with E-state index in [1.54, 1.807) is 12.1 Å². The largest absolute Gasteiger partial charge is 0.396 e. The molecule has 0 saturated heterocycles. The number of hydrogen-bond acceptors (Lipinski definition) is 3. The summed E-state index contributed by atoms with van der Waals surface area (Å²) in [6.07, 6.45) is -0.615. The lowest BCUT2D eigenvalue weighted by Gasteiger charge is -2.17. The van der Waals surface area contributed by atoms with Gasteiger partial charge in [0.15, 0.2) is 0 Å². The van der Waals surface area contributed by atoms with E-state index in [0.717, 1.165) is 0 Å². The van der Waals surface area contributed by atoms with E-state index < -0.39 is 6.10 Å². The van der Waals surface area contributed by atoms with Crippen molar-refractivity contribution in [1.82, 2.24) is 4.90 Å². The minimum Gasteiger partial charge on any atom is -0.396 e. The third-order valence-corrected chi connectivity index (χ3v) is 2.65. The SMILES string of the molecule is CN(C)CC(O)c1cc(Cl)c(N)c(Cl)c1. The van der Waals surface area contributed by atoms with Gasteiger partial charge in [-0.05, 0) is 31.8 Å². The zero-order valence-corrected chi connectivity index (χ0v) is 10.2. The van der Waals surface area contributed by atoms with Crippen LogP contribution in [0.1, 0.15) is 11.7 Å². The fourth-order valence-corrected chi connectivity index (χ4v) is 1.75. The van der Waals surface area contributed by atoms with E-state index in [-0.39, 0.29) is 0 Å². The standard InChI is InChI=1S/C10H14Cl2N2O/c1-14(2)5-9(15)6-3-7(11)10(13)8(12)4-6/h3-4,9,15H,5,13H2,1-2H3. The Morgan fingerprint density at radius 1 is 1.33 bits per heavy atom. The summed E-state index contributed by atoms with van der Waals surface area (Å²) in [7, 11) is 3.76. The topological polar surface area (TPSA) is 49.5 Å². The fraction of sp³-hybridized carbons (Fsp3) is 0.400. The minimum absolute atomic E-state index is 0.346. The number of aliphatic hydroxyl groups is 1. The fourth-order valence-electron chi connectivity index (χ4n) is 1.25. The van der Waals surface area contributed by atoms with E-state index in [2.05, 4.69) is 0 Å². The second-order valence-corrected chi connectivity index (χ2v) is 4.49. The first-order valence-corrected chi connectivity index (χ1v) is 5.24. The number of likely N-dealkylation sites (N-methyl/N-ethyl adjacent to an activating group) is 1. The molecule has 0 radical (unpaired) electrons. The van der Waals surface area contributed by atoms with Crippen LogP contribution in [0, 0.1) is 0 Å². The highest BCUT2D eigenvalue weighted by Crippen LogP contribution is 2.31. The van der Waals surface area contributed by atoms with E-state index >= 15 is 0 Å². The Morgan fingerprint density at radius 2 is 1.80 bits per heavy atom. The van der Waals surface area contributed by atoms with Crippen LogP contribution in [0.15, 0.2) is 12.1 Å². The third-order valence-electron chi connectivity index (χ3n) is 2.02. The van der Waals surface area contributed by atoms with Crippen molar-refractivity contribution in [3.8, 4) is 0 Å². The first-order valence-electron chi connectivity index (χ1n) is 4.49. The van der Waals surface area contributed by atoms with Gasteiger partial charge in [-0.15, -0.1) is 0 Å². The number of aliphatic hydroxyl groups excluding tert-OH is 1. The summed E-state index contributed by atoms with van der Waals surface area (Å²) in [5.74, 6) is 0. The van der Waals surface area contributed by atoms with Gasteiger partial charge < -0.3 is 15.7 Å². The second kappa shape index (κ2) is 5.03. The highest BCUT2D eigenvalue weighted by molar-refractivity contribution is 6.38. The molecule has 0 amide bonds. The monoisotopic (exact) mass is 248 g/mol. The Hall–Kier alpha value is -0.480. The lowest BCUT2D eigenvalue weighted by molar-refractivity contribution is 0.138. The number of halogens is 2. The zero-order chi connectivity index (χ0) is 11.6. The predicted molar refractivity (Wildman–Crippen MR) is 64.4 cm³/mol. The van der Waals surface area contributed by atoms with Crippen molar-refractivity contribution < 1.29 is 5.11 Å². The molecule has 0 heterocycles. The number of rotatable bonds is 3. The molecule has 3 N–H and O–H groups in total. The van der Waals surface area contributed by atoms with Crippen LogP contribution >= 0.6 is 23.2 Å². The zero-order valence-electron chi connectivity index (χ0n) is 8.67. The average Bonchev–Trinajstić information content (AvgIpc) is 2.12. The molecule has 0 spiro atoms. The van der Waals surface area contributed by atoms with E-state index in [1.165, 1.54) is 0 Å². The molecule has 0 aliphatic heterocycles. The summed E-state index contributed by atoms with van der Waals surface area (Å²) in [4.78, 5) is 1.88. The maximum Gasteiger partial charge on any atom is 0.0917 e. The summed E-state index contributed by atoms with van der Waals surface area (Å²) in [5, 5.41) is 10.6. The summed E-state index contributed by atoms with van der Waals surface area (Å²) in [5.41, 5.74) is 6.62. The predicted octanol–water partition coefficient (Wildman–Crippen LogP) is 2.17. The molecule has 0 aliphatic carbocycles. The molecular weight excluding hydrogens is 235 g/mol. The number of anilines is 1. The van der Waals surface area contributed by atoms with E-state index in [9.17, 15) is 5.11 Å². The molecule has 3 nitrogen and oxygen atoms in total. The summed E-state index contributed by atoms with van der Waals surface area (Å²) in [6.45, 7) is 0.510. The number of nitrogens with zero attached hydrogens (tertiary/aromatic N) is 1. The Kier molecular flexibility index (Phi) is 4.22. The van der Waals surface area contributed by atoms with Crippen molar-refractivity contribution in [2.75, 3.05) is 26.4 Å².